The summed E-state index contributed by atoms with van der Waals surface area (Å²) in [5, 5.41) is 0. The zero-order valence-electron chi connectivity index (χ0n) is 13.2. The maximum atomic E-state index is 12.9. The largest absolute Gasteiger partial charge is 0.381 e. The summed E-state index contributed by atoms with van der Waals surface area (Å²) >= 11 is 0. The maximum Gasteiger partial charge on any atom is 0.230 e. The first-order chi connectivity index (χ1) is 10.7. The van der Waals surface area contributed by atoms with Crippen LogP contribution in [0.2, 0.25) is 0 Å². The lowest BCUT2D eigenvalue weighted by atomic mass is 9.79. The highest BCUT2D eigenvalue weighted by Crippen LogP contribution is 2.34. The number of hydrogen-bond acceptors (Lipinski definition) is 3. The fraction of sp³-hybridized carbons (Fsp3) is 0.611. The summed E-state index contributed by atoms with van der Waals surface area (Å²) in [4.78, 5) is 15.0. The van der Waals surface area contributed by atoms with Crippen LogP contribution in [-0.4, -0.2) is 43.7 Å². The Balaban J connectivity index is 1.60. The van der Waals surface area contributed by atoms with Crippen LogP contribution in [0.3, 0.4) is 0 Å². The van der Waals surface area contributed by atoms with Gasteiger partial charge in [0.25, 0.3) is 0 Å². The smallest absolute Gasteiger partial charge is 0.230 e. The number of likely N-dealkylation sites (tertiary alicyclic amines) is 1. The van der Waals surface area contributed by atoms with Crippen LogP contribution in [0.25, 0.3) is 0 Å². The SMILES string of the molecule is NCC1(C(=O)N2CCC(Cc3ccccc3)C2)CCOCC1. The fourth-order valence-electron chi connectivity index (χ4n) is 3.73. The van der Waals surface area contributed by atoms with Crippen LogP contribution in [0.4, 0.5) is 0 Å². The van der Waals surface area contributed by atoms with E-state index in [-0.39, 0.29) is 11.3 Å². The Bertz CT molecular complexity index is 497. The number of rotatable bonds is 4. The Morgan fingerprint density at radius 3 is 2.68 bits per heavy atom. The molecule has 0 bridgehead atoms. The van der Waals surface area contributed by atoms with Gasteiger partial charge in [-0.2, -0.15) is 0 Å². The van der Waals surface area contributed by atoms with Gasteiger partial charge in [0.15, 0.2) is 0 Å². The van der Waals surface area contributed by atoms with Crippen LogP contribution in [0.5, 0.6) is 0 Å². The number of benzene rings is 1. The molecule has 120 valence electrons. The Hall–Kier alpha value is -1.39. The Kier molecular flexibility index (Phi) is 4.79. The summed E-state index contributed by atoms with van der Waals surface area (Å²) < 4.78 is 5.41. The van der Waals surface area contributed by atoms with E-state index in [1.54, 1.807) is 0 Å². The molecule has 2 aliphatic rings. The first kappa shape index (κ1) is 15.5. The van der Waals surface area contributed by atoms with Crippen LogP contribution in [-0.2, 0) is 16.0 Å². The van der Waals surface area contributed by atoms with Crippen molar-refractivity contribution in [1.29, 1.82) is 0 Å². The molecular weight excluding hydrogens is 276 g/mol. The Morgan fingerprint density at radius 2 is 2.00 bits per heavy atom. The molecule has 1 amide bonds. The van der Waals surface area contributed by atoms with Crippen molar-refractivity contribution >= 4 is 5.91 Å². The normalized spacial score (nSPS) is 24.4. The molecule has 2 heterocycles. The standard InChI is InChI=1S/C18H26N2O2/c19-14-18(7-10-22-11-8-18)17(21)20-9-6-16(13-20)12-15-4-2-1-3-5-15/h1-5,16H,6-14,19H2. The van der Waals surface area contributed by atoms with Crippen molar-refractivity contribution in [3.05, 3.63) is 35.9 Å². The van der Waals surface area contributed by atoms with Crippen molar-refractivity contribution < 1.29 is 9.53 Å². The van der Waals surface area contributed by atoms with E-state index < -0.39 is 0 Å². The second kappa shape index (κ2) is 6.80. The second-order valence-corrected chi connectivity index (χ2v) is 6.69. The number of nitrogens with two attached hydrogens (primary N) is 1. The molecule has 22 heavy (non-hydrogen) atoms. The van der Waals surface area contributed by atoms with E-state index in [4.69, 9.17) is 10.5 Å². The lowest BCUT2D eigenvalue weighted by Gasteiger charge is -2.37. The summed E-state index contributed by atoms with van der Waals surface area (Å²) in [5.41, 5.74) is 6.95. The molecule has 0 aromatic heterocycles. The zero-order chi connectivity index (χ0) is 15.4. The van der Waals surface area contributed by atoms with Gasteiger partial charge in [0, 0.05) is 32.8 Å². The van der Waals surface area contributed by atoms with Crippen molar-refractivity contribution in [2.24, 2.45) is 17.1 Å². The number of nitrogens with zero attached hydrogens (tertiary/aromatic N) is 1. The highest BCUT2D eigenvalue weighted by molar-refractivity contribution is 5.83. The third kappa shape index (κ3) is 3.18. The number of carbonyl (C=O) groups is 1. The van der Waals surface area contributed by atoms with Gasteiger partial charge in [0.1, 0.15) is 0 Å². The van der Waals surface area contributed by atoms with Gasteiger partial charge in [-0.25, -0.2) is 0 Å². The van der Waals surface area contributed by atoms with Gasteiger partial charge in [-0.15, -0.1) is 0 Å². The molecule has 4 nitrogen and oxygen atoms in total. The van der Waals surface area contributed by atoms with Gasteiger partial charge in [0.05, 0.1) is 5.41 Å². The van der Waals surface area contributed by atoms with Crippen LogP contribution in [0, 0.1) is 11.3 Å². The van der Waals surface area contributed by atoms with Gasteiger partial charge in [-0.05, 0) is 37.2 Å². The molecule has 0 saturated carbocycles. The summed E-state index contributed by atoms with van der Waals surface area (Å²) in [6, 6.07) is 10.6. The number of ether oxygens (including phenoxy) is 1. The summed E-state index contributed by atoms with van der Waals surface area (Å²) in [7, 11) is 0. The average Bonchev–Trinajstić information content (AvgIpc) is 3.04. The maximum absolute atomic E-state index is 12.9. The summed E-state index contributed by atoms with van der Waals surface area (Å²) in [6.45, 7) is 3.50. The van der Waals surface area contributed by atoms with Crippen molar-refractivity contribution in [2.75, 3.05) is 32.8 Å². The summed E-state index contributed by atoms with van der Waals surface area (Å²) in [6.07, 6.45) is 3.69. The van der Waals surface area contributed by atoms with E-state index in [0.29, 0.717) is 25.7 Å². The molecule has 2 N–H and O–H groups in total. The lowest BCUT2D eigenvalue weighted by Crippen LogP contribution is -2.50. The van der Waals surface area contributed by atoms with E-state index in [0.717, 1.165) is 38.8 Å². The van der Waals surface area contributed by atoms with Gasteiger partial charge >= 0.3 is 0 Å². The van der Waals surface area contributed by atoms with Gasteiger partial charge in [-0.3, -0.25) is 4.79 Å². The Morgan fingerprint density at radius 1 is 1.27 bits per heavy atom. The second-order valence-electron chi connectivity index (χ2n) is 6.69. The third-order valence-electron chi connectivity index (χ3n) is 5.23. The summed E-state index contributed by atoms with van der Waals surface area (Å²) in [5.74, 6) is 0.829. The van der Waals surface area contributed by atoms with Crippen molar-refractivity contribution in [3.8, 4) is 0 Å². The minimum Gasteiger partial charge on any atom is -0.381 e. The van der Waals surface area contributed by atoms with Crippen molar-refractivity contribution in [1.82, 2.24) is 4.90 Å². The number of hydrogen-bond donors (Lipinski definition) is 1. The molecule has 1 unspecified atom stereocenters. The zero-order valence-corrected chi connectivity index (χ0v) is 13.2. The minimum atomic E-state index is -0.375. The molecule has 3 rings (SSSR count). The highest BCUT2D eigenvalue weighted by atomic mass is 16.5. The van der Waals surface area contributed by atoms with E-state index in [2.05, 4.69) is 24.3 Å². The highest BCUT2D eigenvalue weighted by Gasteiger charge is 2.43. The van der Waals surface area contributed by atoms with Crippen LogP contribution in [0.1, 0.15) is 24.8 Å². The van der Waals surface area contributed by atoms with E-state index in [9.17, 15) is 4.79 Å². The molecule has 0 spiro atoms. The van der Waals surface area contributed by atoms with Crippen molar-refractivity contribution in [3.63, 3.8) is 0 Å². The van der Waals surface area contributed by atoms with Crippen LogP contribution < -0.4 is 5.73 Å². The lowest BCUT2D eigenvalue weighted by molar-refractivity contribution is -0.146. The minimum absolute atomic E-state index is 0.258. The number of amides is 1. The van der Waals surface area contributed by atoms with Gasteiger partial charge in [-0.1, -0.05) is 30.3 Å². The number of carbonyl (C=O) groups excluding carboxylic acids is 1. The first-order valence-corrected chi connectivity index (χ1v) is 8.35. The molecule has 0 radical (unpaired) electrons. The van der Waals surface area contributed by atoms with Crippen LogP contribution in [0.15, 0.2) is 30.3 Å². The molecular formula is C18H26N2O2. The monoisotopic (exact) mass is 302 g/mol. The quantitative estimate of drug-likeness (QED) is 0.923. The van der Waals surface area contributed by atoms with E-state index in [1.807, 2.05) is 11.0 Å². The van der Waals surface area contributed by atoms with E-state index in [1.165, 1.54) is 5.56 Å². The molecule has 0 aliphatic carbocycles. The molecule has 1 atom stereocenters. The molecule has 2 aliphatic heterocycles. The Labute approximate surface area is 132 Å². The van der Waals surface area contributed by atoms with Gasteiger partial charge < -0.3 is 15.4 Å². The predicted octanol–water partition coefficient (Wildman–Crippen LogP) is 1.83. The van der Waals surface area contributed by atoms with E-state index >= 15 is 0 Å². The molecule has 1 aromatic carbocycles. The van der Waals surface area contributed by atoms with Gasteiger partial charge in [0.2, 0.25) is 5.91 Å². The van der Waals surface area contributed by atoms with Crippen molar-refractivity contribution in [2.45, 2.75) is 25.7 Å². The molecule has 1 aromatic rings. The molecule has 4 heteroatoms. The topological polar surface area (TPSA) is 55.6 Å². The third-order valence-corrected chi connectivity index (χ3v) is 5.23. The first-order valence-electron chi connectivity index (χ1n) is 8.35. The van der Waals surface area contributed by atoms with Crippen LogP contribution >= 0.6 is 0 Å². The fourth-order valence-corrected chi connectivity index (χ4v) is 3.73. The predicted molar refractivity (Wildman–Crippen MR) is 86.4 cm³/mol. The average molecular weight is 302 g/mol. The molecule has 2 saturated heterocycles. The molecule has 2 fully saturated rings.